The van der Waals surface area contributed by atoms with Crippen LogP contribution in [0.25, 0.3) is 10.9 Å². The van der Waals surface area contributed by atoms with Crippen LogP contribution in [0, 0.1) is 0 Å². The van der Waals surface area contributed by atoms with Gasteiger partial charge in [0, 0.05) is 24.4 Å². The van der Waals surface area contributed by atoms with E-state index < -0.39 is 0 Å². The maximum absolute atomic E-state index is 10.9. The first-order valence-corrected chi connectivity index (χ1v) is 6.02. The molecule has 0 unspecified atom stereocenters. The summed E-state index contributed by atoms with van der Waals surface area (Å²) < 4.78 is 5.04. The molecule has 92 valence electrons. The topological polar surface area (TPSA) is 54.4 Å². The minimum absolute atomic E-state index is 0.245. The molecule has 1 N–H and O–H groups in total. The molecule has 0 fully saturated rings. The molecule has 2 aromatic rings. The van der Waals surface area contributed by atoms with Crippen molar-refractivity contribution in [3.05, 3.63) is 35.5 Å². The number of H-pyrrole nitrogens is 1. The first-order chi connectivity index (χ1) is 8.75. The first-order valence-electron chi connectivity index (χ1n) is 6.02. The van der Waals surface area contributed by atoms with E-state index in [1.807, 2.05) is 12.1 Å². The SMILES string of the molecule is CC(=O)OCC1=NCCc2c1[nH]c1ccccc21. The lowest BCUT2D eigenvalue weighted by atomic mass is 10.0. The molecule has 3 rings (SSSR count). The van der Waals surface area contributed by atoms with Crippen LogP contribution in [0.5, 0.6) is 0 Å². The van der Waals surface area contributed by atoms with Gasteiger partial charge >= 0.3 is 5.97 Å². The summed E-state index contributed by atoms with van der Waals surface area (Å²) in [6.45, 7) is 2.41. The van der Waals surface area contributed by atoms with E-state index in [-0.39, 0.29) is 12.6 Å². The van der Waals surface area contributed by atoms with E-state index in [1.165, 1.54) is 17.9 Å². The summed E-state index contributed by atoms with van der Waals surface area (Å²) in [5.41, 5.74) is 4.24. The number of rotatable bonds is 2. The Hall–Kier alpha value is -2.10. The fourth-order valence-corrected chi connectivity index (χ4v) is 2.38. The quantitative estimate of drug-likeness (QED) is 0.820. The minimum Gasteiger partial charge on any atom is -0.459 e. The molecule has 0 saturated carbocycles. The zero-order chi connectivity index (χ0) is 12.5. The number of nitrogens with zero attached hydrogens (tertiary/aromatic N) is 1. The molecule has 0 radical (unpaired) electrons. The van der Waals surface area contributed by atoms with Gasteiger partial charge in [0.25, 0.3) is 0 Å². The van der Waals surface area contributed by atoms with Crippen LogP contribution in [0.15, 0.2) is 29.3 Å². The number of carbonyl (C=O) groups is 1. The number of para-hydroxylation sites is 1. The van der Waals surface area contributed by atoms with E-state index >= 15 is 0 Å². The summed E-state index contributed by atoms with van der Waals surface area (Å²) in [5, 5.41) is 1.24. The Labute approximate surface area is 105 Å². The van der Waals surface area contributed by atoms with E-state index in [2.05, 4.69) is 22.1 Å². The summed E-state index contributed by atoms with van der Waals surface area (Å²) in [5.74, 6) is -0.277. The molecule has 0 amide bonds. The van der Waals surface area contributed by atoms with Crippen molar-refractivity contribution in [3.63, 3.8) is 0 Å². The summed E-state index contributed by atoms with van der Waals surface area (Å²) in [6, 6.07) is 8.21. The molecule has 0 saturated heterocycles. The van der Waals surface area contributed by atoms with Crippen molar-refractivity contribution in [1.82, 2.24) is 4.98 Å². The van der Waals surface area contributed by atoms with Crippen molar-refractivity contribution in [1.29, 1.82) is 0 Å². The number of ether oxygens (including phenoxy) is 1. The lowest BCUT2D eigenvalue weighted by molar-refractivity contribution is -0.139. The van der Waals surface area contributed by atoms with Crippen molar-refractivity contribution in [2.75, 3.05) is 13.2 Å². The average molecular weight is 242 g/mol. The Balaban J connectivity index is 2.02. The van der Waals surface area contributed by atoms with Gasteiger partial charge in [-0.3, -0.25) is 9.79 Å². The number of esters is 1. The van der Waals surface area contributed by atoms with Crippen molar-refractivity contribution in [2.45, 2.75) is 13.3 Å². The average Bonchev–Trinajstić information content (AvgIpc) is 2.75. The number of aliphatic imine (C=N–C) groups is 1. The lowest BCUT2D eigenvalue weighted by Gasteiger charge is -2.13. The van der Waals surface area contributed by atoms with Crippen molar-refractivity contribution < 1.29 is 9.53 Å². The normalized spacial score (nSPS) is 14.2. The van der Waals surface area contributed by atoms with Gasteiger partial charge in [0.2, 0.25) is 0 Å². The molecule has 2 heterocycles. The largest absolute Gasteiger partial charge is 0.459 e. The van der Waals surface area contributed by atoms with Crippen LogP contribution >= 0.6 is 0 Å². The number of hydrogen-bond acceptors (Lipinski definition) is 3. The molecule has 1 aliphatic heterocycles. The number of hydrogen-bond donors (Lipinski definition) is 1. The van der Waals surface area contributed by atoms with Crippen LogP contribution in [0.2, 0.25) is 0 Å². The third kappa shape index (κ3) is 1.79. The highest BCUT2D eigenvalue weighted by atomic mass is 16.5. The van der Waals surface area contributed by atoms with E-state index in [0.29, 0.717) is 0 Å². The van der Waals surface area contributed by atoms with Crippen LogP contribution in [-0.2, 0) is 16.0 Å². The molecule has 1 aromatic heterocycles. The highest BCUT2D eigenvalue weighted by Gasteiger charge is 2.19. The summed E-state index contributed by atoms with van der Waals surface area (Å²) in [4.78, 5) is 18.7. The van der Waals surface area contributed by atoms with Gasteiger partial charge in [-0.1, -0.05) is 18.2 Å². The standard InChI is InChI=1S/C14H14N2O2/c1-9(17)18-8-13-14-11(6-7-15-13)10-4-2-3-5-12(10)16-14/h2-5,16H,6-8H2,1H3. The van der Waals surface area contributed by atoms with E-state index in [4.69, 9.17) is 4.74 Å². The zero-order valence-electron chi connectivity index (χ0n) is 10.2. The second-order valence-corrected chi connectivity index (χ2v) is 4.38. The zero-order valence-corrected chi connectivity index (χ0v) is 10.2. The molecule has 1 aromatic carbocycles. The van der Waals surface area contributed by atoms with Crippen LogP contribution in [0.4, 0.5) is 0 Å². The number of benzene rings is 1. The highest BCUT2D eigenvalue weighted by molar-refractivity contribution is 6.07. The second kappa shape index (κ2) is 4.29. The van der Waals surface area contributed by atoms with Crippen molar-refractivity contribution in [2.24, 2.45) is 4.99 Å². The fraction of sp³-hybridized carbons (Fsp3) is 0.286. The summed E-state index contributed by atoms with van der Waals surface area (Å²) in [7, 11) is 0. The van der Waals surface area contributed by atoms with Crippen LogP contribution in [-0.4, -0.2) is 29.8 Å². The van der Waals surface area contributed by atoms with Crippen LogP contribution in [0.3, 0.4) is 0 Å². The third-order valence-corrected chi connectivity index (χ3v) is 3.18. The van der Waals surface area contributed by atoms with Gasteiger partial charge in [-0.2, -0.15) is 0 Å². The molecule has 0 bridgehead atoms. The number of aromatic nitrogens is 1. The third-order valence-electron chi connectivity index (χ3n) is 3.18. The Morgan fingerprint density at radius 2 is 2.28 bits per heavy atom. The predicted octanol–water partition coefficient (Wildman–Crippen LogP) is 2.08. The number of fused-ring (bicyclic) bond motifs is 3. The molecule has 1 aliphatic rings. The lowest BCUT2D eigenvalue weighted by Crippen LogP contribution is -2.19. The molecular weight excluding hydrogens is 228 g/mol. The predicted molar refractivity (Wildman–Crippen MR) is 70.0 cm³/mol. The van der Waals surface area contributed by atoms with Crippen LogP contribution in [0.1, 0.15) is 18.2 Å². The smallest absolute Gasteiger partial charge is 0.303 e. The Morgan fingerprint density at radius 1 is 1.44 bits per heavy atom. The van der Waals surface area contributed by atoms with Gasteiger partial charge in [-0.25, -0.2) is 0 Å². The number of carbonyl (C=O) groups excluding carboxylic acids is 1. The van der Waals surface area contributed by atoms with E-state index in [1.54, 1.807) is 0 Å². The van der Waals surface area contributed by atoms with Crippen LogP contribution < -0.4 is 0 Å². The van der Waals surface area contributed by atoms with Gasteiger partial charge < -0.3 is 9.72 Å². The molecule has 4 nitrogen and oxygen atoms in total. The fourth-order valence-electron chi connectivity index (χ4n) is 2.38. The molecule has 18 heavy (non-hydrogen) atoms. The van der Waals surface area contributed by atoms with Gasteiger partial charge in [0.1, 0.15) is 6.61 Å². The molecule has 4 heteroatoms. The van der Waals surface area contributed by atoms with Gasteiger partial charge in [0.05, 0.1) is 11.4 Å². The Kier molecular flexibility index (Phi) is 2.63. The molecule has 0 atom stereocenters. The van der Waals surface area contributed by atoms with E-state index in [9.17, 15) is 4.79 Å². The number of nitrogens with one attached hydrogen (secondary N) is 1. The second-order valence-electron chi connectivity index (χ2n) is 4.38. The summed E-state index contributed by atoms with van der Waals surface area (Å²) >= 11 is 0. The number of aromatic amines is 1. The monoisotopic (exact) mass is 242 g/mol. The van der Waals surface area contributed by atoms with Gasteiger partial charge in [-0.05, 0) is 18.1 Å². The molecule has 0 spiro atoms. The Bertz CT molecular complexity index is 640. The van der Waals surface area contributed by atoms with Crippen molar-refractivity contribution >= 4 is 22.6 Å². The van der Waals surface area contributed by atoms with Gasteiger partial charge in [0.15, 0.2) is 0 Å². The Morgan fingerprint density at radius 3 is 3.11 bits per heavy atom. The molecular formula is C14H14N2O2. The molecule has 0 aliphatic carbocycles. The maximum atomic E-state index is 10.9. The minimum atomic E-state index is -0.277. The maximum Gasteiger partial charge on any atom is 0.303 e. The van der Waals surface area contributed by atoms with Crippen molar-refractivity contribution in [3.8, 4) is 0 Å². The van der Waals surface area contributed by atoms with Gasteiger partial charge in [-0.15, -0.1) is 0 Å². The first kappa shape index (κ1) is 11.0. The summed E-state index contributed by atoms with van der Waals surface area (Å²) in [6.07, 6.45) is 0.933. The highest BCUT2D eigenvalue weighted by Crippen LogP contribution is 2.25. The van der Waals surface area contributed by atoms with E-state index in [0.717, 1.165) is 29.9 Å².